The number of non-ortho nitro benzene ring substituents is 1. The summed E-state index contributed by atoms with van der Waals surface area (Å²) in [5.41, 5.74) is 0.167. The summed E-state index contributed by atoms with van der Waals surface area (Å²) in [5, 5.41) is 13.9. The molecule has 0 unspecified atom stereocenters. The minimum Gasteiger partial charge on any atom is -0.372 e. The van der Waals surface area contributed by atoms with Gasteiger partial charge in [-0.25, -0.2) is 4.79 Å². The number of hydrogen-bond donors (Lipinski definition) is 1. The summed E-state index contributed by atoms with van der Waals surface area (Å²) < 4.78 is 6.08. The van der Waals surface area contributed by atoms with Crippen molar-refractivity contribution in [2.24, 2.45) is 5.41 Å². The summed E-state index contributed by atoms with van der Waals surface area (Å²) in [5.74, 6) is -1.33. The summed E-state index contributed by atoms with van der Waals surface area (Å²) in [6.07, 6.45) is -0.788. The number of morpholine rings is 1. The third-order valence-electron chi connectivity index (χ3n) is 7.35. The molecule has 0 saturated carbocycles. The highest BCUT2D eigenvalue weighted by Gasteiger charge is 2.65. The maximum absolute atomic E-state index is 14.3. The molecule has 0 aromatic heterocycles. The number of imide groups is 2. The van der Waals surface area contributed by atoms with E-state index in [9.17, 15) is 24.5 Å². The van der Waals surface area contributed by atoms with Crippen LogP contribution in [0.3, 0.4) is 0 Å². The summed E-state index contributed by atoms with van der Waals surface area (Å²) in [7, 11) is 0. The van der Waals surface area contributed by atoms with E-state index in [4.69, 9.17) is 4.74 Å². The molecular weight excluding hydrogens is 452 g/mol. The molecule has 1 spiro atoms. The van der Waals surface area contributed by atoms with Crippen LogP contribution in [0.25, 0.3) is 0 Å². The molecule has 35 heavy (non-hydrogen) atoms. The van der Waals surface area contributed by atoms with Gasteiger partial charge in [-0.05, 0) is 38.0 Å². The van der Waals surface area contributed by atoms with Gasteiger partial charge in [0.15, 0.2) is 5.41 Å². The predicted molar refractivity (Wildman–Crippen MR) is 126 cm³/mol. The first-order chi connectivity index (χ1) is 16.6. The highest BCUT2D eigenvalue weighted by atomic mass is 16.6. The van der Waals surface area contributed by atoms with Crippen LogP contribution in [0.5, 0.6) is 0 Å². The van der Waals surface area contributed by atoms with E-state index in [2.05, 4.69) is 5.32 Å². The van der Waals surface area contributed by atoms with Crippen LogP contribution < -0.4 is 10.2 Å². The molecule has 5 rings (SSSR count). The van der Waals surface area contributed by atoms with E-state index < -0.39 is 46.4 Å². The quantitative estimate of drug-likeness (QED) is 0.409. The molecule has 3 heterocycles. The van der Waals surface area contributed by atoms with Crippen molar-refractivity contribution in [1.29, 1.82) is 0 Å². The second kappa shape index (κ2) is 8.16. The number of rotatable bonds is 3. The Kier molecular flexibility index (Phi) is 5.36. The molecule has 2 aromatic rings. The fourth-order valence-electron chi connectivity index (χ4n) is 5.88. The molecule has 0 radical (unpaired) electrons. The van der Waals surface area contributed by atoms with Crippen LogP contribution in [0.1, 0.15) is 37.9 Å². The summed E-state index contributed by atoms with van der Waals surface area (Å²) >= 11 is 0. The van der Waals surface area contributed by atoms with Crippen molar-refractivity contribution in [3.05, 3.63) is 69.8 Å². The minimum atomic E-state index is -1.70. The number of ether oxygens (including phenoxy) is 1. The Bertz CT molecular complexity index is 1230. The zero-order chi connectivity index (χ0) is 25.1. The maximum Gasteiger partial charge on any atom is 0.331 e. The highest BCUT2D eigenvalue weighted by Crippen LogP contribution is 2.49. The van der Waals surface area contributed by atoms with Gasteiger partial charge >= 0.3 is 6.03 Å². The van der Waals surface area contributed by atoms with E-state index in [1.807, 2.05) is 49.1 Å². The van der Waals surface area contributed by atoms with Gasteiger partial charge in [-0.2, -0.15) is 0 Å². The number of hydrogen-bond acceptors (Lipinski definition) is 7. The molecule has 10 nitrogen and oxygen atoms in total. The van der Waals surface area contributed by atoms with Gasteiger partial charge in [-0.3, -0.25) is 29.9 Å². The van der Waals surface area contributed by atoms with E-state index in [0.29, 0.717) is 12.1 Å². The summed E-state index contributed by atoms with van der Waals surface area (Å²) in [6, 6.07) is 11.5. The number of barbiturate groups is 1. The van der Waals surface area contributed by atoms with Gasteiger partial charge in [0.25, 0.3) is 5.69 Å². The predicted octanol–water partition coefficient (Wildman–Crippen LogP) is 2.96. The van der Waals surface area contributed by atoms with Crippen molar-refractivity contribution in [3.8, 4) is 0 Å². The fraction of sp³-hybridized carbons (Fsp3) is 0.400. The summed E-state index contributed by atoms with van der Waals surface area (Å²) in [4.78, 5) is 54.9. The first-order valence-electron chi connectivity index (χ1n) is 11.6. The van der Waals surface area contributed by atoms with E-state index in [0.717, 1.165) is 16.2 Å². The number of carbonyl (C=O) groups is 3. The van der Waals surface area contributed by atoms with Crippen LogP contribution >= 0.6 is 0 Å². The third kappa shape index (κ3) is 3.39. The molecule has 182 valence electrons. The van der Waals surface area contributed by atoms with Crippen LogP contribution in [0.15, 0.2) is 48.5 Å². The van der Waals surface area contributed by atoms with Crippen molar-refractivity contribution in [1.82, 2.24) is 10.2 Å². The molecule has 0 aliphatic carbocycles. The van der Waals surface area contributed by atoms with E-state index in [-0.39, 0.29) is 18.2 Å². The van der Waals surface area contributed by atoms with Gasteiger partial charge in [0.2, 0.25) is 11.8 Å². The lowest BCUT2D eigenvalue weighted by atomic mass is 9.66. The molecule has 2 aromatic carbocycles. The fourth-order valence-corrected chi connectivity index (χ4v) is 5.88. The molecule has 10 heteroatoms. The van der Waals surface area contributed by atoms with Crippen molar-refractivity contribution >= 4 is 29.2 Å². The van der Waals surface area contributed by atoms with Gasteiger partial charge in [0.05, 0.1) is 29.2 Å². The highest BCUT2D eigenvalue weighted by molar-refractivity contribution is 6.20. The monoisotopic (exact) mass is 478 g/mol. The Labute approximate surface area is 202 Å². The van der Waals surface area contributed by atoms with Crippen molar-refractivity contribution < 1.29 is 24.0 Å². The zero-order valence-electron chi connectivity index (χ0n) is 19.6. The topological polar surface area (TPSA) is 122 Å². The van der Waals surface area contributed by atoms with Gasteiger partial charge in [-0.15, -0.1) is 0 Å². The number of nitrogens with zero attached hydrogens (tertiary/aromatic N) is 3. The zero-order valence-corrected chi connectivity index (χ0v) is 19.6. The maximum atomic E-state index is 14.3. The molecule has 3 aliphatic rings. The van der Waals surface area contributed by atoms with Crippen LogP contribution in [0, 0.1) is 15.5 Å². The normalized spacial score (nSPS) is 28.9. The first kappa shape index (κ1) is 23.0. The lowest BCUT2D eigenvalue weighted by molar-refractivity contribution is -0.384. The number of amides is 4. The number of fused-ring (bicyclic) bond motifs is 4. The van der Waals surface area contributed by atoms with E-state index in [1.54, 1.807) is 13.0 Å². The van der Waals surface area contributed by atoms with Gasteiger partial charge < -0.3 is 9.64 Å². The Balaban J connectivity index is 1.67. The van der Waals surface area contributed by atoms with E-state index >= 15 is 0 Å². The smallest absolute Gasteiger partial charge is 0.331 e. The van der Waals surface area contributed by atoms with Crippen molar-refractivity contribution in [3.63, 3.8) is 0 Å². The van der Waals surface area contributed by atoms with E-state index in [1.165, 1.54) is 12.1 Å². The number of carbonyl (C=O) groups excluding carboxylic acids is 3. The Hall–Kier alpha value is -3.79. The number of nitro benzene ring substituents is 1. The molecule has 1 N–H and O–H groups in total. The van der Waals surface area contributed by atoms with Crippen LogP contribution in [0.4, 0.5) is 16.2 Å². The third-order valence-corrected chi connectivity index (χ3v) is 7.35. The Morgan fingerprint density at radius 3 is 2.54 bits per heavy atom. The largest absolute Gasteiger partial charge is 0.372 e. The molecule has 0 bridgehead atoms. The van der Waals surface area contributed by atoms with Crippen LogP contribution in [-0.2, 0) is 20.7 Å². The van der Waals surface area contributed by atoms with Crippen LogP contribution in [-0.4, -0.2) is 52.5 Å². The number of anilines is 1. The van der Waals surface area contributed by atoms with Crippen LogP contribution in [0.2, 0.25) is 0 Å². The number of nitrogens with one attached hydrogen (secondary N) is 1. The second-order valence-corrected chi connectivity index (χ2v) is 9.49. The second-order valence-electron chi connectivity index (χ2n) is 9.49. The lowest BCUT2D eigenvalue weighted by Crippen LogP contribution is -2.75. The van der Waals surface area contributed by atoms with Gasteiger partial charge in [0.1, 0.15) is 0 Å². The minimum absolute atomic E-state index is 0.0801. The number of benzene rings is 2. The average molecular weight is 479 g/mol. The SMILES string of the molecule is C[C@@H]1CN2c3ccc([N+](=O)[O-])cc3C[C@]3(C(=O)NC(=O)N([C@H](C)c4ccccc4)C3=O)[C@@H]2[C@@H](C)O1. The van der Waals surface area contributed by atoms with Crippen molar-refractivity contribution in [2.75, 3.05) is 11.4 Å². The lowest BCUT2D eigenvalue weighted by Gasteiger charge is -2.56. The van der Waals surface area contributed by atoms with Gasteiger partial charge in [-0.1, -0.05) is 30.3 Å². The summed E-state index contributed by atoms with van der Waals surface area (Å²) in [6.45, 7) is 5.84. The molecular formula is C25H26N4O6. The van der Waals surface area contributed by atoms with Crippen molar-refractivity contribution in [2.45, 2.75) is 51.5 Å². The standard InChI is InChI=1S/C25H26N4O6/c1-14-13-27-20-10-9-19(29(33)34)11-18(20)12-25(21(27)16(3)35-14)22(30)26-24(32)28(23(25)31)15(2)17-7-5-4-6-8-17/h4-11,14-16,21H,12-13H2,1-3H3,(H,26,30,32)/t14-,15-,16-,21+,25-/m1/s1. The molecule has 4 amide bonds. The van der Waals surface area contributed by atoms with Gasteiger partial charge in [0, 0.05) is 30.8 Å². The average Bonchev–Trinajstić information content (AvgIpc) is 2.82. The molecule has 2 saturated heterocycles. The number of urea groups is 1. The molecule has 3 aliphatic heterocycles. The molecule has 2 fully saturated rings. The first-order valence-corrected chi connectivity index (χ1v) is 11.6. The Morgan fingerprint density at radius 1 is 1.14 bits per heavy atom. The Morgan fingerprint density at radius 2 is 1.86 bits per heavy atom. The molecule has 5 atom stereocenters. The number of nitro groups is 1.